The van der Waals surface area contributed by atoms with E-state index in [2.05, 4.69) is 17.2 Å². The van der Waals surface area contributed by atoms with Crippen LogP contribution in [0.25, 0.3) is 11.3 Å². The van der Waals surface area contributed by atoms with Gasteiger partial charge in [0, 0.05) is 18.4 Å². The molecule has 3 rings (SSSR count). The molecule has 5 heteroatoms. The van der Waals surface area contributed by atoms with Gasteiger partial charge in [0.2, 0.25) is 5.91 Å². The molecule has 3 aromatic rings. The molecular weight excluding hydrogens is 343 g/mol. The van der Waals surface area contributed by atoms with Gasteiger partial charge in [0.15, 0.2) is 11.7 Å². The van der Waals surface area contributed by atoms with Gasteiger partial charge in [-0.3, -0.25) is 4.79 Å². The molecule has 1 N–H and O–H groups in total. The second kappa shape index (κ2) is 9.12. The summed E-state index contributed by atoms with van der Waals surface area (Å²) in [4.78, 5) is 16.6. The van der Waals surface area contributed by atoms with Crippen LogP contribution < -0.4 is 5.32 Å². The largest absolute Gasteiger partial charge is 0.441 e. The van der Waals surface area contributed by atoms with Crippen molar-refractivity contribution >= 4 is 5.91 Å². The molecule has 1 unspecified atom stereocenters. The Labute approximate surface area is 158 Å². The topological polar surface area (TPSA) is 55.1 Å². The molecule has 140 valence electrons. The second-order valence-electron chi connectivity index (χ2n) is 6.44. The van der Waals surface area contributed by atoms with E-state index in [9.17, 15) is 9.18 Å². The van der Waals surface area contributed by atoms with Gasteiger partial charge in [0.05, 0.1) is 12.2 Å². The summed E-state index contributed by atoms with van der Waals surface area (Å²) in [5.41, 5.74) is 1.87. The minimum atomic E-state index is -0.296. The number of benzene rings is 2. The first kappa shape index (κ1) is 18.8. The summed E-state index contributed by atoms with van der Waals surface area (Å²) < 4.78 is 18.7. The lowest BCUT2D eigenvalue weighted by Gasteiger charge is -2.18. The van der Waals surface area contributed by atoms with Crippen LogP contribution in [0.4, 0.5) is 4.39 Å². The van der Waals surface area contributed by atoms with Crippen LogP contribution in [0, 0.1) is 5.82 Å². The first-order valence-electron chi connectivity index (χ1n) is 9.20. The average molecular weight is 366 g/mol. The molecule has 1 aromatic heterocycles. The van der Waals surface area contributed by atoms with Gasteiger partial charge < -0.3 is 9.73 Å². The third kappa shape index (κ3) is 5.26. The molecule has 2 aromatic carbocycles. The Morgan fingerprint density at radius 3 is 2.59 bits per heavy atom. The molecule has 0 spiro atoms. The van der Waals surface area contributed by atoms with E-state index < -0.39 is 0 Å². The second-order valence-corrected chi connectivity index (χ2v) is 6.44. The highest BCUT2D eigenvalue weighted by Crippen LogP contribution is 2.22. The van der Waals surface area contributed by atoms with Crippen LogP contribution in [0.5, 0.6) is 0 Å². The molecule has 1 heterocycles. The molecule has 4 nitrogen and oxygen atoms in total. The number of oxazole rings is 1. The molecule has 0 saturated carbocycles. The Hall–Kier alpha value is -2.95. The lowest BCUT2D eigenvalue weighted by atomic mass is 10.0. The lowest BCUT2D eigenvalue weighted by Crippen LogP contribution is -2.28. The Morgan fingerprint density at radius 2 is 1.89 bits per heavy atom. The minimum Gasteiger partial charge on any atom is -0.441 e. The number of amides is 1. The Balaban J connectivity index is 1.56. The lowest BCUT2D eigenvalue weighted by molar-refractivity contribution is -0.121. The molecular formula is C22H23FN2O2. The van der Waals surface area contributed by atoms with Crippen molar-refractivity contribution in [1.82, 2.24) is 10.3 Å². The fraction of sp³-hybridized carbons (Fsp3) is 0.273. The fourth-order valence-electron chi connectivity index (χ4n) is 2.96. The van der Waals surface area contributed by atoms with Gasteiger partial charge in [-0.2, -0.15) is 0 Å². The Bertz CT molecular complexity index is 860. The predicted octanol–water partition coefficient (Wildman–Crippen LogP) is 5.07. The summed E-state index contributed by atoms with van der Waals surface area (Å²) in [6.07, 6.45) is 4.20. The van der Waals surface area contributed by atoms with Crippen molar-refractivity contribution in [3.8, 4) is 11.3 Å². The van der Waals surface area contributed by atoms with Gasteiger partial charge >= 0.3 is 0 Å². The summed E-state index contributed by atoms with van der Waals surface area (Å²) in [7, 11) is 0. The monoisotopic (exact) mass is 366 g/mol. The molecule has 0 aliphatic heterocycles. The predicted molar refractivity (Wildman–Crippen MR) is 102 cm³/mol. The highest BCUT2D eigenvalue weighted by molar-refractivity contribution is 5.76. The highest BCUT2D eigenvalue weighted by atomic mass is 19.1. The number of aromatic nitrogens is 1. The van der Waals surface area contributed by atoms with Crippen molar-refractivity contribution in [1.29, 1.82) is 0 Å². The number of carbonyl (C=O) groups is 1. The zero-order valence-corrected chi connectivity index (χ0v) is 15.3. The van der Waals surface area contributed by atoms with Gasteiger partial charge in [0.25, 0.3) is 0 Å². The quantitative estimate of drug-likeness (QED) is 0.605. The zero-order chi connectivity index (χ0) is 19.1. The van der Waals surface area contributed by atoms with Crippen molar-refractivity contribution < 1.29 is 13.6 Å². The number of nitrogens with one attached hydrogen (secondary N) is 1. The molecule has 0 aliphatic rings. The van der Waals surface area contributed by atoms with Gasteiger partial charge in [-0.05, 0) is 36.2 Å². The molecule has 0 radical (unpaired) electrons. The Morgan fingerprint density at radius 1 is 1.15 bits per heavy atom. The van der Waals surface area contributed by atoms with E-state index in [1.54, 1.807) is 18.3 Å². The molecule has 0 fully saturated rings. The van der Waals surface area contributed by atoms with Crippen LogP contribution in [-0.2, 0) is 11.2 Å². The van der Waals surface area contributed by atoms with Gasteiger partial charge in [-0.25, -0.2) is 9.37 Å². The molecule has 1 amide bonds. The SMILES string of the molecule is CCCC(NC(=O)CCc1ncc(-c2ccc(F)cc2)o1)c1ccccc1. The molecule has 0 bridgehead atoms. The summed E-state index contributed by atoms with van der Waals surface area (Å²) in [6, 6.07) is 16.0. The number of aryl methyl sites for hydroxylation is 1. The smallest absolute Gasteiger partial charge is 0.220 e. The van der Waals surface area contributed by atoms with Gasteiger partial charge in [0.1, 0.15) is 5.82 Å². The molecule has 0 saturated heterocycles. The summed E-state index contributed by atoms with van der Waals surface area (Å²) in [6.45, 7) is 2.10. The van der Waals surface area contributed by atoms with E-state index in [1.807, 2.05) is 30.3 Å². The van der Waals surface area contributed by atoms with Crippen LogP contribution in [0.15, 0.2) is 65.2 Å². The number of halogens is 1. The number of rotatable bonds is 8. The standard InChI is InChI=1S/C22H23FN2O2/c1-2-6-19(16-7-4-3-5-8-16)25-21(26)13-14-22-24-15-20(27-22)17-9-11-18(23)12-10-17/h3-5,7-12,15,19H,2,6,13-14H2,1H3,(H,25,26). The summed E-state index contributed by atoms with van der Waals surface area (Å²) in [5.74, 6) is 0.740. The van der Waals surface area contributed by atoms with E-state index in [1.165, 1.54) is 12.1 Å². The molecule has 1 atom stereocenters. The zero-order valence-electron chi connectivity index (χ0n) is 15.3. The van der Waals surface area contributed by atoms with E-state index >= 15 is 0 Å². The van der Waals surface area contributed by atoms with Gasteiger partial charge in [-0.15, -0.1) is 0 Å². The Kier molecular flexibility index (Phi) is 6.36. The summed E-state index contributed by atoms with van der Waals surface area (Å²) in [5, 5.41) is 3.10. The van der Waals surface area contributed by atoms with Crippen LogP contribution in [0.3, 0.4) is 0 Å². The van der Waals surface area contributed by atoms with E-state index in [4.69, 9.17) is 4.42 Å². The van der Waals surface area contributed by atoms with Gasteiger partial charge in [-0.1, -0.05) is 43.7 Å². The van der Waals surface area contributed by atoms with Crippen LogP contribution in [-0.4, -0.2) is 10.9 Å². The van der Waals surface area contributed by atoms with Crippen LogP contribution >= 0.6 is 0 Å². The van der Waals surface area contributed by atoms with Crippen LogP contribution in [0.2, 0.25) is 0 Å². The molecule has 0 aliphatic carbocycles. The minimum absolute atomic E-state index is 0.0167. The average Bonchev–Trinajstić information content (AvgIpc) is 3.16. The van der Waals surface area contributed by atoms with Crippen molar-refractivity contribution in [3.63, 3.8) is 0 Å². The maximum atomic E-state index is 13.0. The number of nitrogens with zero attached hydrogens (tertiary/aromatic N) is 1. The number of hydrogen-bond acceptors (Lipinski definition) is 3. The normalized spacial score (nSPS) is 11.9. The van der Waals surface area contributed by atoms with Crippen molar-refractivity contribution in [2.45, 2.75) is 38.6 Å². The fourth-order valence-corrected chi connectivity index (χ4v) is 2.96. The highest BCUT2D eigenvalue weighted by Gasteiger charge is 2.15. The molecule has 27 heavy (non-hydrogen) atoms. The number of carbonyl (C=O) groups excluding carboxylic acids is 1. The number of hydrogen-bond donors (Lipinski definition) is 1. The van der Waals surface area contributed by atoms with Crippen molar-refractivity contribution in [2.75, 3.05) is 0 Å². The van der Waals surface area contributed by atoms with Crippen molar-refractivity contribution in [3.05, 3.63) is 78.1 Å². The third-order valence-corrected chi connectivity index (χ3v) is 4.36. The first-order valence-corrected chi connectivity index (χ1v) is 9.20. The van der Waals surface area contributed by atoms with E-state index in [-0.39, 0.29) is 17.8 Å². The maximum absolute atomic E-state index is 13.0. The maximum Gasteiger partial charge on any atom is 0.220 e. The van der Waals surface area contributed by atoms with Crippen molar-refractivity contribution in [2.24, 2.45) is 0 Å². The first-order chi connectivity index (χ1) is 13.2. The van der Waals surface area contributed by atoms with E-state index in [0.29, 0.717) is 24.5 Å². The third-order valence-electron chi connectivity index (χ3n) is 4.36. The van der Waals surface area contributed by atoms with E-state index in [0.717, 1.165) is 24.0 Å². The van der Waals surface area contributed by atoms with Crippen LogP contribution in [0.1, 0.15) is 43.7 Å². The summed E-state index contributed by atoms with van der Waals surface area (Å²) >= 11 is 0.